The van der Waals surface area contributed by atoms with Gasteiger partial charge in [0, 0.05) is 21.3 Å². The van der Waals surface area contributed by atoms with Gasteiger partial charge in [0.1, 0.15) is 0 Å². The minimum Gasteiger partial charge on any atom is -0.368 e. The molecule has 3 nitrogen and oxygen atoms in total. The molecule has 5 heteroatoms. The van der Waals surface area contributed by atoms with E-state index in [1.165, 1.54) is 4.88 Å². The molecule has 0 fully saturated rings. The summed E-state index contributed by atoms with van der Waals surface area (Å²) >= 11 is 5.01. The minimum atomic E-state index is -0.656. The van der Waals surface area contributed by atoms with Gasteiger partial charge in [0.15, 0.2) is 0 Å². The highest BCUT2D eigenvalue weighted by atomic mass is 79.9. The van der Waals surface area contributed by atoms with Crippen LogP contribution in [0.2, 0.25) is 0 Å². The minimum absolute atomic E-state index is 0.340. The summed E-state index contributed by atoms with van der Waals surface area (Å²) in [6.07, 6.45) is 0. The number of nitrogens with one attached hydrogen (secondary N) is 1. The molecule has 0 spiro atoms. The lowest BCUT2D eigenvalue weighted by Gasteiger charge is -2.21. The maximum Gasteiger partial charge on any atom is 0.237 e. The van der Waals surface area contributed by atoms with Crippen LogP contribution in [0.25, 0.3) is 0 Å². The van der Waals surface area contributed by atoms with Gasteiger partial charge in [0.25, 0.3) is 0 Å². The molecule has 0 saturated carbocycles. The first-order valence-corrected chi connectivity index (χ1v) is 5.87. The summed E-state index contributed by atoms with van der Waals surface area (Å²) in [5, 5.41) is 5.11. The molecular formula is C9H13BrN2OS. The Labute approximate surface area is 95.8 Å². The van der Waals surface area contributed by atoms with Gasteiger partial charge in [-0.2, -0.15) is 0 Å². The van der Waals surface area contributed by atoms with Crippen molar-refractivity contribution < 1.29 is 4.79 Å². The van der Waals surface area contributed by atoms with Crippen LogP contribution in [0.4, 0.5) is 0 Å². The van der Waals surface area contributed by atoms with Crippen LogP contribution in [0.15, 0.2) is 15.9 Å². The molecule has 78 valence electrons. The number of carbonyl (C=O) groups excluding carboxylic acids is 1. The lowest BCUT2D eigenvalue weighted by Crippen LogP contribution is -2.50. The third-order valence-corrected chi connectivity index (χ3v) is 3.64. The molecule has 1 aromatic heterocycles. The monoisotopic (exact) mass is 276 g/mol. The van der Waals surface area contributed by atoms with Crippen molar-refractivity contribution in [1.82, 2.24) is 5.32 Å². The smallest absolute Gasteiger partial charge is 0.237 e. The Kier molecular flexibility index (Phi) is 3.69. The molecule has 0 saturated heterocycles. The first kappa shape index (κ1) is 11.7. The number of rotatable bonds is 4. The largest absolute Gasteiger partial charge is 0.368 e. The van der Waals surface area contributed by atoms with Crippen LogP contribution in [0.3, 0.4) is 0 Å². The van der Waals surface area contributed by atoms with Gasteiger partial charge in [-0.15, -0.1) is 11.3 Å². The summed E-state index contributed by atoms with van der Waals surface area (Å²) in [4.78, 5) is 12.2. The lowest BCUT2D eigenvalue weighted by molar-refractivity contribution is -0.123. The van der Waals surface area contributed by atoms with Gasteiger partial charge >= 0.3 is 0 Å². The Hall–Kier alpha value is -0.390. The molecule has 3 N–H and O–H groups in total. The summed E-state index contributed by atoms with van der Waals surface area (Å²) < 4.78 is 1.07. The average molecular weight is 277 g/mol. The fourth-order valence-corrected chi connectivity index (χ4v) is 2.23. The van der Waals surface area contributed by atoms with Crippen molar-refractivity contribution >= 4 is 33.2 Å². The zero-order valence-electron chi connectivity index (χ0n) is 8.13. The van der Waals surface area contributed by atoms with Gasteiger partial charge in [-0.25, -0.2) is 0 Å². The van der Waals surface area contributed by atoms with Crippen molar-refractivity contribution in [1.29, 1.82) is 0 Å². The second-order valence-corrected chi connectivity index (χ2v) is 5.49. The summed E-state index contributed by atoms with van der Waals surface area (Å²) in [6, 6.07) is 2.02. The SMILES string of the molecule is CC(C)(NCc1cc(Br)cs1)C(N)=O. The van der Waals surface area contributed by atoms with Crippen LogP contribution in [0.5, 0.6) is 0 Å². The number of amides is 1. The zero-order chi connectivity index (χ0) is 10.8. The molecule has 0 radical (unpaired) electrons. The topological polar surface area (TPSA) is 55.1 Å². The van der Waals surface area contributed by atoms with Crippen molar-refractivity contribution in [2.45, 2.75) is 25.9 Å². The van der Waals surface area contributed by atoms with Crippen LogP contribution in [0, 0.1) is 0 Å². The fraction of sp³-hybridized carbons (Fsp3) is 0.444. The molecule has 0 aromatic carbocycles. The Bertz CT molecular complexity index is 335. The fourth-order valence-electron chi connectivity index (χ4n) is 0.842. The van der Waals surface area contributed by atoms with Gasteiger partial charge in [0.2, 0.25) is 5.91 Å². The number of primary amides is 1. The van der Waals surface area contributed by atoms with Gasteiger partial charge in [0.05, 0.1) is 5.54 Å². The van der Waals surface area contributed by atoms with Crippen molar-refractivity contribution in [3.63, 3.8) is 0 Å². The summed E-state index contributed by atoms with van der Waals surface area (Å²) in [5.41, 5.74) is 4.58. The van der Waals surface area contributed by atoms with Gasteiger partial charge in [-0.05, 0) is 35.8 Å². The van der Waals surface area contributed by atoms with Gasteiger partial charge in [-0.3, -0.25) is 10.1 Å². The Morgan fingerprint density at radius 1 is 1.71 bits per heavy atom. The van der Waals surface area contributed by atoms with E-state index in [4.69, 9.17) is 5.73 Å². The molecule has 1 aromatic rings. The molecule has 1 amide bonds. The van der Waals surface area contributed by atoms with Crippen molar-refractivity contribution in [3.05, 3.63) is 20.8 Å². The number of nitrogens with two attached hydrogens (primary N) is 1. The first-order valence-electron chi connectivity index (χ1n) is 4.19. The highest BCUT2D eigenvalue weighted by Crippen LogP contribution is 2.20. The predicted octanol–water partition coefficient (Wildman–Crippen LogP) is 1.86. The summed E-state index contributed by atoms with van der Waals surface area (Å²) in [5.74, 6) is -0.340. The number of thiophene rings is 1. The molecule has 0 aliphatic carbocycles. The summed E-state index contributed by atoms with van der Waals surface area (Å²) in [7, 11) is 0. The third-order valence-electron chi connectivity index (χ3n) is 1.94. The van der Waals surface area contributed by atoms with Crippen LogP contribution in [-0.4, -0.2) is 11.4 Å². The Morgan fingerprint density at radius 2 is 2.36 bits per heavy atom. The van der Waals surface area contributed by atoms with E-state index in [1.807, 2.05) is 11.4 Å². The highest BCUT2D eigenvalue weighted by molar-refractivity contribution is 9.10. The van der Waals surface area contributed by atoms with E-state index in [9.17, 15) is 4.79 Å². The van der Waals surface area contributed by atoms with E-state index in [1.54, 1.807) is 25.2 Å². The number of carbonyl (C=O) groups is 1. The highest BCUT2D eigenvalue weighted by Gasteiger charge is 2.23. The van der Waals surface area contributed by atoms with Crippen LogP contribution < -0.4 is 11.1 Å². The summed E-state index contributed by atoms with van der Waals surface area (Å²) in [6.45, 7) is 4.21. The maximum absolute atomic E-state index is 11.0. The predicted molar refractivity (Wildman–Crippen MR) is 62.1 cm³/mol. The number of hydrogen-bond acceptors (Lipinski definition) is 3. The molecule has 1 heterocycles. The molecule has 0 aliphatic rings. The second kappa shape index (κ2) is 4.42. The van der Waals surface area contributed by atoms with Crippen LogP contribution in [0.1, 0.15) is 18.7 Å². The number of hydrogen-bond donors (Lipinski definition) is 2. The van der Waals surface area contributed by atoms with Crippen LogP contribution >= 0.6 is 27.3 Å². The third kappa shape index (κ3) is 3.08. The van der Waals surface area contributed by atoms with Crippen molar-refractivity contribution in [2.75, 3.05) is 0 Å². The van der Waals surface area contributed by atoms with Crippen LogP contribution in [-0.2, 0) is 11.3 Å². The molecule has 0 aliphatic heterocycles. The van der Waals surface area contributed by atoms with E-state index >= 15 is 0 Å². The normalized spacial score (nSPS) is 11.6. The first-order chi connectivity index (χ1) is 6.42. The zero-order valence-corrected chi connectivity index (χ0v) is 10.5. The Balaban J connectivity index is 2.52. The Morgan fingerprint density at radius 3 is 2.79 bits per heavy atom. The maximum atomic E-state index is 11.0. The van der Waals surface area contributed by atoms with E-state index in [0.717, 1.165) is 4.47 Å². The number of halogens is 1. The lowest BCUT2D eigenvalue weighted by atomic mass is 10.1. The molecule has 0 atom stereocenters. The molecular weight excluding hydrogens is 264 g/mol. The standard InChI is InChI=1S/C9H13BrN2OS/c1-9(2,8(11)13)12-4-7-3-6(10)5-14-7/h3,5,12H,4H2,1-2H3,(H2,11,13). The second-order valence-electron chi connectivity index (χ2n) is 3.57. The van der Waals surface area contributed by atoms with Crippen molar-refractivity contribution in [3.8, 4) is 0 Å². The molecule has 0 bridgehead atoms. The molecule has 14 heavy (non-hydrogen) atoms. The van der Waals surface area contributed by atoms with E-state index < -0.39 is 5.54 Å². The quantitative estimate of drug-likeness (QED) is 0.882. The van der Waals surface area contributed by atoms with E-state index in [0.29, 0.717) is 6.54 Å². The van der Waals surface area contributed by atoms with E-state index in [2.05, 4.69) is 21.2 Å². The van der Waals surface area contributed by atoms with Crippen molar-refractivity contribution in [2.24, 2.45) is 5.73 Å². The molecule has 0 unspecified atom stereocenters. The molecule has 1 rings (SSSR count). The van der Waals surface area contributed by atoms with Gasteiger partial charge in [-0.1, -0.05) is 0 Å². The average Bonchev–Trinajstić information content (AvgIpc) is 2.48. The van der Waals surface area contributed by atoms with E-state index in [-0.39, 0.29) is 5.91 Å². The van der Waals surface area contributed by atoms with Gasteiger partial charge < -0.3 is 5.73 Å².